The SMILES string of the molecule is COCCCN1C(=O)c2[nH]nc(-c3ccc(C)cc3)c2C1c1ccc(OCc2ccccc2Cl)cc1. The van der Waals surface area contributed by atoms with Gasteiger partial charge in [-0.3, -0.25) is 9.89 Å². The molecule has 6 nitrogen and oxygen atoms in total. The molecule has 1 atom stereocenters. The third-order valence-electron chi connectivity index (χ3n) is 6.48. The van der Waals surface area contributed by atoms with Crippen LogP contribution in [0.2, 0.25) is 5.02 Å². The summed E-state index contributed by atoms with van der Waals surface area (Å²) in [6, 6.07) is 23.5. The van der Waals surface area contributed by atoms with Crippen molar-refractivity contribution in [2.75, 3.05) is 20.3 Å². The number of rotatable bonds is 9. The van der Waals surface area contributed by atoms with E-state index in [9.17, 15) is 4.79 Å². The molecule has 2 heterocycles. The Balaban J connectivity index is 1.45. The summed E-state index contributed by atoms with van der Waals surface area (Å²) in [7, 11) is 1.67. The Morgan fingerprint density at radius 3 is 2.50 bits per heavy atom. The number of carbonyl (C=O) groups excluding carboxylic acids is 1. The number of fused-ring (bicyclic) bond motifs is 1. The first-order valence-corrected chi connectivity index (χ1v) is 12.4. The zero-order chi connectivity index (χ0) is 25.1. The predicted octanol–water partition coefficient (Wildman–Crippen LogP) is 6.20. The summed E-state index contributed by atoms with van der Waals surface area (Å²) in [5.74, 6) is 0.691. The van der Waals surface area contributed by atoms with Crippen molar-refractivity contribution < 1.29 is 14.3 Å². The number of H-pyrrole nitrogens is 1. The first-order chi connectivity index (χ1) is 17.6. The van der Waals surface area contributed by atoms with E-state index < -0.39 is 0 Å². The van der Waals surface area contributed by atoms with Gasteiger partial charge in [0, 0.05) is 42.0 Å². The van der Waals surface area contributed by atoms with Gasteiger partial charge in [0.2, 0.25) is 0 Å². The minimum atomic E-state index is -0.253. The number of halogens is 1. The van der Waals surface area contributed by atoms with Crippen molar-refractivity contribution in [3.63, 3.8) is 0 Å². The molecule has 1 N–H and O–H groups in total. The lowest BCUT2D eigenvalue weighted by atomic mass is 9.95. The lowest BCUT2D eigenvalue weighted by Gasteiger charge is -2.26. The standard InChI is InChI=1S/C29H28ClN3O3/c1-19-8-10-20(11-9-19)26-25-27(32-31-26)29(34)33(16-5-17-35-2)28(25)21-12-14-23(15-13-21)36-18-22-6-3-4-7-24(22)30/h3-4,6-15,28H,5,16-18H2,1-2H3,(H,31,32). The molecule has 0 saturated heterocycles. The van der Waals surface area contributed by atoms with Gasteiger partial charge in [-0.2, -0.15) is 5.10 Å². The summed E-state index contributed by atoms with van der Waals surface area (Å²) in [5, 5.41) is 8.25. The minimum Gasteiger partial charge on any atom is -0.489 e. The number of ether oxygens (including phenoxy) is 2. The second-order valence-corrected chi connectivity index (χ2v) is 9.33. The molecule has 1 aliphatic heterocycles. The van der Waals surface area contributed by atoms with Gasteiger partial charge >= 0.3 is 0 Å². The highest BCUT2D eigenvalue weighted by Gasteiger charge is 2.41. The highest BCUT2D eigenvalue weighted by Crippen LogP contribution is 2.43. The Kier molecular flexibility index (Phi) is 7.07. The summed E-state index contributed by atoms with van der Waals surface area (Å²) >= 11 is 6.26. The summed E-state index contributed by atoms with van der Waals surface area (Å²) < 4.78 is 11.2. The Bertz CT molecular complexity index is 1350. The van der Waals surface area contributed by atoms with Crippen LogP contribution in [0.5, 0.6) is 5.75 Å². The van der Waals surface area contributed by atoms with Gasteiger partial charge in [0.15, 0.2) is 0 Å². The summed E-state index contributed by atoms with van der Waals surface area (Å²) in [4.78, 5) is 15.3. The van der Waals surface area contributed by atoms with E-state index >= 15 is 0 Å². The summed E-state index contributed by atoms with van der Waals surface area (Å²) in [6.45, 7) is 3.60. The van der Waals surface area contributed by atoms with E-state index in [4.69, 9.17) is 21.1 Å². The van der Waals surface area contributed by atoms with Gasteiger partial charge in [-0.1, -0.05) is 71.8 Å². The molecular formula is C29H28ClN3O3. The van der Waals surface area contributed by atoms with Crippen molar-refractivity contribution in [1.82, 2.24) is 15.1 Å². The number of hydrogen-bond donors (Lipinski definition) is 1. The highest BCUT2D eigenvalue weighted by molar-refractivity contribution is 6.31. The fourth-order valence-corrected chi connectivity index (χ4v) is 4.80. The van der Waals surface area contributed by atoms with Gasteiger partial charge in [-0.05, 0) is 37.1 Å². The fourth-order valence-electron chi connectivity index (χ4n) is 4.61. The summed E-state index contributed by atoms with van der Waals surface area (Å²) in [6.07, 6.45) is 0.745. The number of aromatic nitrogens is 2. The first kappa shape index (κ1) is 24.1. The van der Waals surface area contributed by atoms with Gasteiger partial charge in [0.05, 0.1) is 11.7 Å². The number of carbonyl (C=O) groups is 1. The van der Waals surface area contributed by atoms with Crippen molar-refractivity contribution in [3.8, 4) is 17.0 Å². The molecule has 0 fully saturated rings. The Labute approximate surface area is 215 Å². The fraction of sp³-hybridized carbons (Fsp3) is 0.241. The van der Waals surface area contributed by atoms with E-state index in [0.717, 1.165) is 40.1 Å². The lowest BCUT2D eigenvalue weighted by molar-refractivity contribution is 0.0723. The number of amides is 1. The van der Waals surface area contributed by atoms with Crippen LogP contribution < -0.4 is 4.74 Å². The van der Waals surface area contributed by atoms with Crippen LogP contribution in [0.15, 0.2) is 72.8 Å². The predicted molar refractivity (Wildman–Crippen MR) is 140 cm³/mol. The molecule has 1 aliphatic rings. The quantitative estimate of drug-likeness (QED) is 0.277. The van der Waals surface area contributed by atoms with Gasteiger partial charge in [-0.25, -0.2) is 0 Å². The summed E-state index contributed by atoms with van der Waals surface area (Å²) in [5.41, 5.74) is 6.34. The maximum atomic E-state index is 13.4. The largest absolute Gasteiger partial charge is 0.489 e. The maximum absolute atomic E-state index is 13.4. The van der Waals surface area contributed by atoms with E-state index in [2.05, 4.69) is 29.3 Å². The molecule has 4 aromatic rings. The average molecular weight is 502 g/mol. The van der Waals surface area contributed by atoms with Gasteiger partial charge in [-0.15, -0.1) is 0 Å². The number of nitrogens with zero attached hydrogens (tertiary/aromatic N) is 2. The van der Waals surface area contributed by atoms with E-state index in [-0.39, 0.29) is 11.9 Å². The van der Waals surface area contributed by atoms with Crippen LogP contribution in [-0.4, -0.2) is 41.3 Å². The van der Waals surface area contributed by atoms with Crippen molar-refractivity contribution in [2.45, 2.75) is 26.0 Å². The number of benzene rings is 3. The molecular weight excluding hydrogens is 474 g/mol. The molecule has 0 aliphatic carbocycles. The van der Waals surface area contributed by atoms with Crippen LogP contribution in [0, 0.1) is 6.92 Å². The molecule has 0 spiro atoms. The number of aryl methyl sites for hydroxylation is 1. The second-order valence-electron chi connectivity index (χ2n) is 8.92. The third kappa shape index (κ3) is 4.74. The van der Waals surface area contributed by atoms with Gasteiger partial charge in [0.25, 0.3) is 5.91 Å². The van der Waals surface area contributed by atoms with E-state index in [0.29, 0.717) is 30.5 Å². The molecule has 3 aromatic carbocycles. The minimum absolute atomic E-state index is 0.0454. The van der Waals surface area contributed by atoms with Crippen LogP contribution in [-0.2, 0) is 11.3 Å². The van der Waals surface area contributed by atoms with E-state index in [1.807, 2.05) is 65.6 Å². The molecule has 7 heteroatoms. The average Bonchev–Trinajstić information content (AvgIpc) is 3.44. The van der Waals surface area contributed by atoms with E-state index in [1.165, 1.54) is 5.56 Å². The van der Waals surface area contributed by atoms with Crippen molar-refractivity contribution in [3.05, 3.63) is 106 Å². The Morgan fingerprint density at radius 2 is 1.78 bits per heavy atom. The van der Waals surface area contributed by atoms with Crippen molar-refractivity contribution in [2.24, 2.45) is 0 Å². The Hall–Kier alpha value is -3.61. The molecule has 1 unspecified atom stereocenters. The molecule has 0 bridgehead atoms. The van der Waals surface area contributed by atoms with Crippen LogP contribution in [0.3, 0.4) is 0 Å². The third-order valence-corrected chi connectivity index (χ3v) is 6.85. The molecule has 1 aromatic heterocycles. The van der Waals surface area contributed by atoms with Crippen LogP contribution >= 0.6 is 11.6 Å². The normalized spacial score (nSPS) is 14.8. The second kappa shape index (κ2) is 10.6. The molecule has 0 saturated carbocycles. The highest BCUT2D eigenvalue weighted by atomic mass is 35.5. The monoisotopic (exact) mass is 501 g/mol. The van der Waals surface area contributed by atoms with Crippen LogP contribution in [0.4, 0.5) is 0 Å². The Morgan fingerprint density at radius 1 is 1.03 bits per heavy atom. The van der Waals surface area contributed by atoms with Gasteiger partial charge < -0.3 is 14.4 Å². The smallest absolute Gasteiger partial charge is 0.273 e. The van der Waals surface area contributed by atoms with E-state index in [1.54, 1.807) is 7.11 Å². The molecule has 36 heavy (non-hydrogen) atoms. The first-order valence-electron chi connectivity index (χ1n) is 12.0. The van der Waals surface area contributed by atoms with Gasteiger partial charge in [0.1, 0.15) is 18.1 Å². The van der Waals surface area contributed by atoms with Crippen LogP contribution in [0.25, 0.3) is 11.3 Å². The number of nitrogens with one attached hydrogen (secondary N) is 1. The molecule has 5 rings (SSSR count). The topological polar surface area (TPSA) is 67.5 Å². The van der Waals surface area contributed by atoms with Crippen molar-refractivity contribution >= 4 is 17.5 Å². The van der Waals surface area contributed by atoms with Crippen molar-refractivity contribution in [1.29, 1.82) is 0 Å². The zero-order valence-corrected chi connectivity index (χ0v) is 21.1. The molecule has 1 amide bonds. The maximum Gasteiger partial charge on any atom is 0.273 e. The number of hydrogen-bond acceptors (Lipinski definition) is 4. The lowest BCUT2D eigenvalue weighted by Crippen LogP contribution is -2.31. The number of methoxy groups -OCH3 is 1. The zero-order valence-electron chi connectivity index (χ0n) is 20.3. The molecule has 0 radical (unpaired) electrons. The molecule has 184 valence electrons. The number of aromatic amines is 1. The van der Waals surface area contributed by atoms with Crippen LogP contribution in [0.1, 0.15) is 45.2 Å².